The van der Waals surface area contributed by atoms with Crippen molar-refractivity contribution in [2.45, 2.75) is 25.7 Å². The van der Waals surface area contributed by atoms with E-state index in [1.54, 1.807) is 0 Å². The van der Waals surface area contributed by atoms with Crippen molar-refractivity contribution in [2.75, 3.05) is 24.5 Å². The summed E-state index contributed by atoms with van der Waals surface area (Å²) in [6, 6.07) is 23.2. The number of aromatic nitrogens is 2. The lowest BCUT2D eigenvalue weighted by molar-refractivity contribution is 0.0953. The molecule has 2 heterocycles. The molecule has 5 rings (SSSR count). The van der Waals surface area contributed by atoms with Crippen molar-refractivity contribution in [3.63, 3.8) is 0 Å². The van der Waals surface area contributed by atoms with E-state index in [4.69, 9.17) is 0 Å². The zero-order valence-corrected chi connectivity index (χ0v) is 19.1. The molecule has 0 bridgehead atoms. The molecule has 33 heavy (non-hydrogen) atoms. The molecule has 0 aliphatic carbocycles. The van der Waals surface area contributed by atoms with Gasteiger partial charge in [-0.15, -0.1) is 0 Å². The number of fused-ring (bicyclic) bond motifs is 1. The van der Waals surface area contributed by atoms with E-state index in [0.29, 0.717) is 6.54 Å². The zero-order valence-electron chi connectivity index (χ0n) is 19.1. The van der Waals surface area contributed by atoms with E-state index in [9.17, 15) is 4.79 Å². The lowest BCUT2D eigenvalue weighted by Crippen LogP contribution is -2.25. The number of rotatable bonds is 7. The molecule has 5 heteroatoms. The molecule has 1 fully saturated rings. The third kappa shape index (κ3) is 4.77. The number of anilines is 1. The molecule has 5 nitrogen and oxygen atoms in total. The highest BCUT2D eigenvalue weighted by Gasteiger charge is 2.13. The van der Waals surface area contributed by atoms with Gasteiger partial charge in [-0.05, 0) is 78.8 Å². The maximum atomic E-state index is 12.5. The molecule has 168 valence electrons. The molecule has 0 saturated carbocycles. The molecule has 1 aromatic heterocycles. The van der Waals surface area contributed by atoms with E-state index in [1.165, 1.54) is 35.2 Å². The number of amides is 1. The van der Waals surface area contributed by atoms with Crippen molar-refractivity contribution >= 4 is 22.5 Å². The summed E-state index contributed by atoms with van der Waals surface area (Å²) in [6.45, 7) is 2.91. The van der Waals surface area contributed by atoms with Crippen molar-refractivity contribution in [1.29, 1.82) is 0 Å². The average Bonchev–Trinajstić information content (AvgIpc) is 3.52. The Morgan fingerprint density at radius 3 is 2.42 bits per heavy atom. The van der Waals surface area contributed by atoms with Crippen LogP contribution in [0.4, 0.5) is 5.69 Å². The van der Waals surface area contributed by atoms with Crippen LogP contribution in [0.2, 0.25) is 0 Å². The van der Waals surface area contributed by atoms with Gasteiger partial charge in [0.25, 0.3) is 5.91 Å². The third-order valence-corrected chi connectivity index (χ3v) is 6.56. The molecular formula is C28H30N4O. The third-order valence-electron chi connectivity index (χ3n) is 6.56. The second-order valence-corrected chi connectivity index (χ2v) is 8.84. The summed E-state index contributed by atoms with van der Waals surface area (Å²) in [4.78, 5) is 14.8. The Labute approximate surface area is 195 Å². The van der Waals surface area contributed by atoms with Crippen molar-refractivity contribution < 1.29 is 4.79 Å². The number of aryl methyl sites for hydroxylation is 2. The Bertz CT molecular complexity index is 1240. The Morgan fingerprint density at radius 1 is 0.939 bits per heavy atom. The Morgan fingerprint density at radius 2 is 1.67 bits per heavy atom. The van der Waals surface area contributed by atoms with E-state index in [2.05, 4.69) is 69.9 Å². The first kappa shape index (κ1) is 21.3. The molecule has 0 spiro atoms. The Hall–Kier alpha value is -3.60. The van der Waals surface area contributed by atoms with Gasteiger partial charge in [0.2, 0.25) is 0 Å². The number of hydrogen-bond acceptors (Lipinski definition) is 3. The van der Waals surface area contributed by atoms with Crippen LogP contribution in [-0.4, -0.2) is 35.3 Å². The monoisotopic (exact) mass is 438 g/mol. The Kier molecular flexibility index (Phi) is 6.11. The standard InChI is InChI=1S/C28H30N4O/c1-31-27-15-12-24(19-25(27)20-30-31)22-8-6-21(7-9-22)5-4-16-29-28(33)23-10-13-26(14-11-23)32-17-2-3-18-32/h6-15,19-20H,2-5,16-18H2,1H3,(H,29,33). The number of benzene rings is 3. The molecule has 0 radical (unpaired) electrons. The number of hydrogen-bond donors (Lipinski definition) is 1. The van der Waals surface area contributed by atoms with Crippen LogP contribution in [0.3, 0.4) is 0 Å². The highest BCUT2D eigenvalue weighted by Crippen LogP contribution is 2.25. The van der Waals surface area contributed by atoms with Gasteiger partial charge in [-0.3, -0.25) is 9.48 Å². The number of carbonyl (C=O) groups excluding carboxylic acids is 1. The van der Waals surface area contributed by atoms with Gasteiger partial charge >= 0.3 is 0 Å². The van der Waals surface area contributed by atoms with Gasteiger partial charge in [-0.1, -0.05) is 30.3 Å². The average molecular weight is 439 g/mol. The van der Waals surface area contributed by atoms with Gasteiger partial charge < -0.3 is 10.2 Å². The van der Waals surface area contributed by atoms with Crippen LogP contribution in [-0.2, 0) is 13.5 Å². The highest BCUT2D eigenvalue weighted by molar-refractivity contribution is 5.94. The van der Waals surface area contributed by atoms with E-state index in [1.807, 2.05) is 30.1 Å². The fraction of sp³-hybridized carbons (Fsp3) is 0.286. The minimum atomic E-state index is 0.00381. The second kappa shape index (κ2) is 9.49. The largest absolute Gasteiger partial charge is 0.372 e. The smallest absolute Gasteiger partial charge is 0.251 e. The van der Waals surface area contributed by atoms with Crippen LogP contribution in [0.25, 0.3) is 22.0 Å². The predicted molar refractivity (Wildman–Crippen MR) is 135 cm³/mol. The Balaban J connectivity index is 1.11. The fourth-order valence-electron chi connectivity index (χ4n) is 4.60. The molecule has 1 amide bonds. The zero-order chi connectivity index (χ0) is 22.6. The van der Waals surface area contributed by atoms with Crippen molar-refractivity contribution in [1.82, 2.24) is 15.1 Å². The van der Waals surface area contributed by atoms with Crippen LogP contribution in [0.1, 0.15) is 35.2 Å². The maximum Gasteiger partial charge on any atom is 0.251 e. The van der Waals surface area contributed by atoms with Crippen LogP contribution < -0.4 is 10.2 Å². The summed E-state index contributed by atoms with van der Waals surface area (Å²) in [6.07, 6.45) is 6.27. The first-order valence-corrected chi connectivity index (χ1v) is 11.8. The molecule has 1 aliphatic rings. The van der Waals surface area contributed by atoms with Crippen LogP contribution >= 0.6 is 0 Å². The lowest BCUT2D eigenvalue weighted by atomic mass is 10.0. The van der Waals surface area contributed by atoms with Crippen molar-refractivity contribution in [2.24, 2.45) is 7.05 Å². The van der Waals surface area contributed by atoms with Gasteiger partial charge in [0.1, 0.15) is 0 Å². The van der Waals surface area contributed by atoms with Gasteiger partial charge in [0.15, 0.2) is 0 Å². The van der Waals surface area contributed by atoms with Crippen molar-refractivity contribution in [3.8, 4) is 11.1 Å². The molecule has 0 unspecified atom stereocenters. The van der Waals surface area contributed by atoms with Gasteiger partial charge in [-0.2, -0.15) is 5.10 Å². The molecule has 4 aromatic rings. The molecular weight excluding hydrogens is 408 g/mol. The van der Waals surface area contributed by atoms with E-state index < -0.39 is 0 Å². The summed E-state index contributed by atoms with van der Waals surface area (Å²) in [5.41, 5.74) is 6.77. The number of nitrogens with one attached hydrogen (secondary N) is 1. The van der Waals surface area contributed by atoms with Gasteiger partial charge in [0.05, 0.1) is 11.7 Å². The van der Waals surface area contributed by atoms with E-state index in [-0.39, 0.29) is 5.91 Å². The normalized spacial score (nSPS) is 13.5. The summed E-state index contributed by atoms with van der Waals surface area (Å²) in [5, 5.41) is 8.53. The molecule has 3 aromatic carbocycles. The number of carbonyl (C=O) groups is 1. The summed E-state index contributed by atoms with van der Waals surface area (Å²) < 4.78 is 1.89. The first-order valence-electron chi connectivity index (χ1n) is 11.8. The molecule has 1 aliphatic heterocycles. The first-order chi connectivity index (χ1) is 16.2. The fourth-order valence-corrected chi connectivity index (χ4v) is 4.60. The molecule has 1 saturated heterocycles. The minimum Gasteiger partial charge on any atom is -0.372 e. The summed E-state index contributed by atoms with van der Waals surface area (Å²) >= 11 is 0. The number of nitrogens with zero attached hydrogens (tertiary/aromatic N) is 3. The van der Waals surface area contributed by atoms with Crippen LogP contribution in [0.5, 0.6) is 0 Å². The predicted octanol–water partition coefficient (Wildman–Crippen LogP) is 5.20. The topological polar surface area (TPSA) is 50.2 Å². The van der Waals surface area contributed by atoms with Crippen LogP contribution in [0, 0.1) is 0 Å². The van der Waals surface area contributed by atoms with Gasteiger partial charge in [0, 0.05) is 43.3 Å². The molecule has 1 N–H and O–H groups in total. The van der Waals surface area contributed by atoms with Crippen LogP contribution in [0.15, 0.2) is 72.9 Å². The summed E-state index contributed by atoms with van der Waals surface area (Å²) in [5.74, 6) is 0.00381. The van der Waals surface area contributed by atoms with Gasteiger partial charge in [-0.25, -0.2) is 0 Å². The van der Waals surface area contributed by atoms with Crippen molar-refractivity contribution in [3.05, 3.63) is 84.1 Å². The SMILES string of the molecule is Cn1ncc2cc(-c3ccc(CCCNC(=O)c4ccc(N5CCCC5)cc4)cc3)ccc21. The second-order valence-electron chi connectivity index (χ2n) is 8.84. The van der Waals surface area contributed by atoms with E-state index >= 15 is 0 Å². The lowest BCUT2D eigenvalue weighted by Gasteiger charge is -2.17. The maximum absolute atomic E-state index is 12.5. The minimum absolute atomic E-state index is 0.00381. The quantitative estimate of drug-likeness (QED) is 0.403. The van der Waals surface area contributed by atoms with E-state index in [0.717, 1.165) is 42.4 Å². The molecule has 0 atom stereocenters. The summed E-state index contributed by atoms with van der Waals surface area (Å²) in [7, 11) is 1.96. The highest BCUT2D eigenvalue weighted by atomic mass is 16.1.